The lowest BCUT2D eigenvalue weighted by molar-refractivity contribution is -0.116. The number of hydrogen-bond acceptors (Lipinski definition) is 4. The maximum Gasteiger partial charge on any atom is 0.147 e. The molecule has 0 bridgehead atoms. The van der Waals surface area contributed by atoms with Gasteiger partial charge >= 0.3 is 0 Å². The second-order valence-corrected chi connectivity index (χ2v) is 6.09. The predicted octanol–water partition coefficient (Wildman–Crippen LogP) is 0.743. The molecule has 0 aromatic carbocycles. The fraction of sp³-hybridized carbons (Fsp3) is 0.857. The predicted molar refractivity (Wildman–Crippen MR) is 52.3 cm³/mol. The highest BCUT2D eigenvalue weighted by atomic mass is 32.2. The first kappa shape index (κ1) is 12.0. The molecule has 0 saturated carbocycles. The molecule has 5 heteroatoms. The SMILES string of the molecule is CCSCC(=O)CCS(C)(=O)=O. The van der Waals surface area contributed by atoms with Crippen LogP contribution in [0.15, 0.2) is 0 Å². The van der Waals surface area contributed by atoms with Gasteiger partial charge in [0.1, 0.15) is 15.6 Å². The minimum atomic E-state index is -2.97. The topological polar surface area (TPSA) is 51.2 Å². The zero-order chi connectivity index (χ0) is 9.61. The average molecular weight is 210 g/mol. The molecule has 0 unspecified atom stereocenters. The van der Waals surface area contributed by atoms with Crippen molar-refractivity contribution in [1.29, 1.82) is 0 Å². The van der Waals surface area contributed by atoms with E-state index >= 15 is 0 Å². The molecule has 0 heterocycles. The summed E-state index contributed by atoms with van der Waals surface area (Å²) in [6, 6.07) is 0. The Kier molecular flexibility index (Phi) is 5.57. The molecule has 0 aromatic heterocycles. The number of Topliss-reactive ketones (excluding diaryl/α,β-unsaturated/α-hetero) is 1. The van der Waals surface area contributed by atoms with E-state index < -0.39 is 9.84 Å². The third-order valence-electron chi connectivity index (χ3n) is 1.22. The molecule has 0 aliphatic heterocycles. The number of rotatable bonds is 6. The molecular weight excluding hydrogens is 196 g/mol. The van der Waals surface area contributed by atoms with Crippen LogP contribution in [0.25, 0.3) is 0 Å². The van der Waals surface area contributed by atoms with Crippen molar-refractivity contribution in [3.05, 3.63) is 0 Å². The van der Waals surface area contributed by atoms with Gasteiger partial charge in [0.2, 0.25) is 0 Å². The van der Waals surface area contributed by atoms with E-state index in [2.05, 4.69) is 0 Å². The quantitative estimate of drug-likeness (QED) is 0.649. The fourth-order valence-corrected chi connectivity index (χ4v) is 1.76. The van der Waals surface area contributed by atoms with Gasteiger partial charge in [0.15, 0.2) is 0 Å². The second kappa shape index (κ2) is 5.59. The van der Waals surface area contributed by atoms with Gasteiger partial charge in [-0.3, -0.25) is 4.79 Å². The van der Waals surface area contributed by atoms with E-state index in [4.69, 9.17) is 0 Å². The lowest BCUT2D eigenvalue weighted by atomic mass is 10.3. The third kappa shape index (κ3) is 8.07. The number of thioether (sulfide) groups is 1. The van der Waals surface area contributed by atoms with E-state index in [9.17, 15) is 13.2 Å². The maximum absolute atomic E-state index is 11.0. The van der Waals surface area contributed by atoms with Crippen molar-refractivity contribution < 1.29 is 13.2 Å². The highest BCUT2D eigenvalue weighted by Gasteiger charge is 2.07. The number of hydrogen-bond donors (Lipinski definition) is 0. The number of carbonyl (C=O) groups is 1. The Morgan fingerprint density at radius 1 is 1.42 bits per heavy atom. The van der Waals surface area contributed by atoms with Crippen LogP contribution in [0, 0.1) is 0 Å². The van der Waals surface area contributed by atoms with Crippen LogP contribution in [-0.4, -0.2) is 37.7 Å². The summed E-state index contributed by atoms with van der Waals surface area (Å²) in [7, 11) is -2.97. The Hall–Kier alpha value is -0.0300. The molecule has 0 aliphatic rings. The molecule has 0 spiro atoms. The van der Waals surface area contributed by atoms with Crippen molar-refractivity contribution in [1.82, 2.24) is 0 Å². The Morgan fingerprint density at radius 3 is 2.42 bits per heavy atom. The van der Waals surface area contributed by atoms with Crippen LogP contribution in [-0.2, 0) is 14.6 Å². The molecule has 0 atom stereocenters. The summed E-state index contributed by atoms with van der Waals surface area (Å²) in [6.07, 6.45) is 1.30. The maximum atomic E-state index is 11.0. The molecule has 72 valence electrons. The second-order valence-electron chi connectivity index (χ2n) is 2.56. The summed E-state index contributed by atoms with van der Waals surface area (Å²) < 4.78 is 21.3. The van der Waals surface area contributed by atoms with E-state index in [-0.39, 0.29) is 18.0 Å². The van der Waals surface area contributed by atoms with E-state index in [0.29, 0.717) is 5.75 Å². The van der Waals surface area contributed by atoms with E-state index in [0.717, 1.165) is 12.0 Å². The van der Waals surface area contributed by atoms with Gasteiger partial charge in [0.25, 0.3) is 0 Å². The lowest BCUT2D eigenvalue weighted by Gasteiger charge is -1.97. The summed E-state index contributed by atoms with van der Waals surface area (Å²) >= 11 is 1.52. The molecule has 0 saturated heterocycles. The molecule has 0 radical (unpaired) electrons. The first-order valence-electron chi connectivity index (χ1n) is 3.73. The average Bonchev–Trinajstić information content (AvgIpc) is 1.95. The number of carbonyl (C=O) groups excluding carboxylic acids is 1. The highest BCUT2D eigenvalue weighted by molar-refractivity contribution is 7.99. The zero-order valence-electron chi connectivity index (χ0n) is 7.37. The Balaban J connectivity index is 3.58. The minimum Gasteiger partial charge on any atom is -0.299 e. The Morgan fingerprint density at radius 2 is 2.00 bits per heavy atom. The largest absolute Gasteiger partial charge is 0.299 e. The van der Waals surface area contributed by atoms with Crippen molar-refractivity contribution in [2.75, 3.05) is 23.5 Å². The van der Waals surface area contributed by atoms with Crippen LogP contribution < -0.4 is 0 Å². The van der Waals surface area contributed by atoms with Crippen molar-refractivity contribution in [2.45, 2.75) is 13.3 Å². The van der Waals surface area contributed by atoms with Crippen LogP contribution >= 0.6 is 11.8 Å². The van der Waals surface area contributed by atoms with Gasteiger partial charge in [0, 0.05) is 12.7 Å². The zero-order valence-corrected chi connectivity index (χ0v) is 9.00. The molecule has 0 aromatic rings. The monoisotopic (exact) mass is 210 g/mol. The van der Waals surface area contributed by atoms with Crippen molar-refractivity contribution in [3.63, 3.8) is 0 Å². The van der Waals surface area contributed by atoms with Gasteiger partial charge in [-0.15, -0.1) is 0 Å². The van der Waals surface area contributed by atoms with Crippen LogP contribution in [0.3, 0.4) is 0 Å². The number of sulfone groups is 1. The summed E-state index contributed by atoms with van der Waals surface area (Å²) in [5, 5.41) is 0. The molecular formula is C7H14O3S2. The lowest BCUT2D eigenvalue weighted by Crippen LogP contribution is -2.10. The van der Waals surface area contributed by atoms with E-state index in [1.54, 1.807) is 0 Å². The fourth-order valence-electron chi connectivity index (χ4n) is 0.587. The molecule has 0 rings (SSSR count). The third-order valence-corrected chi connectivity index (χ3v) is 3.10. The smallest absolute Gasteiger partial charge is 0.147 e. The van der Waals surface area contributed by atoms with E-state index in [1.807, 2.05) is 6.92 Å². The standard InChI is InChI=1S/C7H14O3S2/c1-3-11-6-7(8)4-5-12(2,9)10/h3-6H2,1-2H3. The van der Waals surface area contributed by atoms with Crippen LogP contribution in [0.4, 0.5) is 0 Å². The van der Waals surface area contributed by atoms with Gasteiger partial charge in [-0.25, -0.2) is 8.42 Å². The van der Waals surface area contributed by atoms with Gasteiger partial charge in [0.05, 0.1) is 11.5 Å². The first-order valence-corrected chi connectivity index (χ1v) is 6.94. The molecule has 0 amide bonds. The molecule has 0 aliphatic carbocycles. The summed E-state index contributed by atoms with van der Waals surface area (Å²) in [6.45, 7) is 1.97. The van der Waals surface area contributed by atoms with Gasteiger partial charge in [-0.2, -0.15) is 11.8 Å². The Labute approximate surface area is 77.8 Å². The van der Waals surface area contributed by atoms with Gasteiger partial charge in [-0.1, -0.05) is 6.92 Å². The van der Waals surface area contributed by atoms with Crippen LogP contribution in [0.5, 0.6) is 0 Å². The van der Waals surface area contributed by atoms with Gasteiger partial charge < -0.3 is 0 Å². The molecule has 0 N–H and O–H groups in total. The summed E-state index contributed by atoms with van der Waals surface area (Å²) in [5.74, 6) is 1.33. The van der Waals surface area contributed by atoms with Crippen LogP contribution in [0.1, 0.15) is 13.3 Å². The molecule has 0 fully saturated rings. The van der Waals surface area contributed by atoms with Crippen molar-refractivity contribution in [3.8, 4) is 0 Å². The highest BCUT2D eigenvalue weighted by Crippen LogP contribution is 2.01. The normalized spacial score (nSPS) is 11.5. The van der Waals surface area contributed by atoms with Gasteiger partial charge in [-0.05, 0) is 5.75 Å². The number of ketones is 1. The molecule has 12 heavy (non-hydrogen) atoms. The molecule has 3 nitrogen and oxygen atoms in total. The summed E-state index contributed by atoms with van der Waals surface area (Å²) in [5.41, 5.74) is 0. The first-order chi connectivity index (χ1) is 5.45. The Bertz CT molecular complexity index is 231. The van der Waals surface area contributed by atoms with E-state index in [1.165, 1.54) is 11.8 Å². The van der Waals surface area contributed by atoms with Crippen molar-refractivity contribution >= 4 is 27.4 Å². The van der Waals surface area contributed by atoms with Crippen molar-refractivity contribution in [2.24, 2.45) is 0 Å². The minimum absolute atomic E-state index is 0.0178. The van der Waals surface area contributed by atoms with Crippen LogP contribution in [0.2, 0.25) is 0 Å². The summed E-state index contributed by atoms with van der Waals surface area (Å²) in [4.78, 5) is 11.0.